The molecule has 0 aliphatic rings. The zero-order valence-electron chi connectivity index (χ0n) is 14.7. The standard InChI is InChI=1S/C21H20N2O2/c1-4-25-19(24)12-23-18-8-6-5-7-16(18)20-13(2)17-11-22-10-9-15(17)14(3)21(20)23/h5-11H,4,12H2,1-3H3. The maximum atomic E-state index is 12.2. The molecule has 0 bridgehead atoms. The Labute approximate surface area is 146 Å². The maximum Gasteiger partial charge on any atom is 0.325 e. The fourth-order valence-corrected chi connectivity index (χ4v) is 3.86. The second kappa shape index (κ2) is 5.88. The van der Waals surface area contributed by atoms with Crippen molar-refractivity contribution < 1.29 is 9.53 Å². The molecule has 25 heavy (non-hydrogen) atoms. The van der Waals surface area contributed by atoms with Gasteiger partial charge in [0.05, 0.1) is 12.1 Å². The molecule has 0 aliphatic carbocycles. The molecule has 0 aliphatic heterocycles. The minimum Gasteiger partial charge on any atom is -0.465 e. The van der Waals surface area contributed by atoms with Crippen molar-refractivity contribution in [3.05, 3.63) is 53.9 Å². The first kappa shape index (κ1) is 15.6. The number of nitrogens with zero attached hydrogens (tertiary/aromatic N) is 2. The van der Waals surface area contributed by atoms with E-state index in [2.05, 4.69) is 35.5 Å². The van der Waals surface area contributed by atoms with Crippen LogP contribution in [0.3, 0.4) is 0 Å². The van der Waals surface area contributed by atoms with Gasteiger partial charge >= 0.3 is 5.97 Å². The first-order valence-electron chi connectivity index (χ1n) is 8.53. The van der Waals surface area contributed by atoms with Gasteiger partial charge in [0.1, 0.15) is 6.54 Å². The molecule has 4 aromatic rings. The van der Waals surface area contributed by atoms with Gasteiger partial charge in [0.25, 0.3) is 0 Å². The molecule has 4 heteroatoms. The van der Waals surface area contributed by atoms with Gasteiger partial charge in [-0.1, -0.05) is 18.2 Å². The molecule has 0 fully saturated rings. The van der Waals surface area contributed by atoms with Crippen LogP contribution < -0.4 is 0 Å². The second-order valence-electron chi connectivity index (χ2n) is 6.30. The molecule has 2 heterocycles. The molecule has 4 rings (SSSR count). The van der Waals surface area contributed by atoms with Crippen LogP contribution in [-0.4, -0.2) is 22.1 Å². The van der Waals surface area contributed by atoms with Gasteiger partial charge in [-0.05, 0) is 49.4 Å². The van der Waals surface area contributed by atoms with E-state index in [-0.39, 0.29) is 12.5 Å². The average molecular weight is 332 g/mol. The van der Waals surface area contributed by atoms with Gasteiger partial charge in [-0.15, -0.1) is 0 Å². The molecule has 0 atom stereocenters. The van der Waals surface area contributed by atoms with Gasteiger partial charge in [0.15, 0.2) is 0 Å². The second-order valence-corrected chi connectivity index (χ2v) is 6.30. The van der Waals surface area contributed by atoms with E-state index in [1.54, 1.807) is 0 Å². The number of hydrogen-bond acceptors (Lipinski definition) is 3. The SMILES string of the molecule is CCOC(=O)Cn1c2ccccc2c2c(C)c3cnccc3c(C)c21. The third-order valence-corrected chi connectivity index (χ3v) is 4.92. The monoisotopic (exact) mass is 332 g/mol. The summed E-state index contributed by atoms with van der Waals surface area (Å²) in [6, 6.07) is 10.3. The number of aromatic nitrogens is 2. The van der Waals surface area contributed by atoms with Crippen LogP contribution in [0.5, 0.6) is 0 Å². The number of benzene rings is 2. The van der Waals surface area contributed by atoms with E-state index in [0.717, 1.165) is 21.8 Å². The Bertz CT molecular complexity index is 1130. The number of esters is 1. The number of ether oxygens (including phenoxy) is 1. The first-order valence-corrected chi connectivity index (χ1v) is 8.53. The molecule has 0 saturated carbocycles. The molecule has 0 amide bonds. The van der Waals surface area contributed by atoms with E-state index in [9.17, 15) is 4.79 Å². The average Bonchev–Trinajstić information content (AvgIpc) is 2.95. The normalized spacial score (nSPS) is 11.5. The lowest BCUT2D eigenvalue weighted by atomic mass is 9.97. The lowest BCUT2D eigenvalue weighted by Gasteiger charge is -2.12. The Kier molecular flexibility index (Phi) is 3.68. The smallest absolute Gasteiger partial charge is 0.325 e. The Morgan fingerprint density at radius 3 is 2.68 bits per heavy atom. The predicted octanol–water partition coefficient (Wildman–Crippen LogP) is 4.52. The molecule has 0 unspecified atom stereocenters. The molecule has 2 aromatic heterocycles. The first-order chi connectivity index (χ1) is 12.1. The van der Waals surface area contributed by atoms with Crippen molar-refractivity contribution in [2.75, 3.05) is 6.61 Å². The predicted molar refractivity (Wildman–Crippen MR) is 101 cm³/mol. The van der Waals surface area contributed by atoms with Gasteiger partial charge in [-0.2, -0.15) is 0 Å². The van der Waals surface area contributed by atoms with Crippen LogP contribution in [0.1, 0.15) is 18.1 Å². The minimum atomic E-state index is -0.211. The van der Waals surface area contributed by atoms with Crippen molar-refractivity contribution in [1.82, 2.24) is 9.55 Å². The van der Waals surface area contributed by atoms with Gasteiger partial charge in [0.2, 0.25) is 0 Å². The summed E-state index contributed by atoms with van der Waals surface area (Å²) in [6.45, 7) is 6.69. The van der Waals surface area contributed by atoms with Crippen molar-refractivity contribution in [1.29, 1.82) is 0 Å². The molecule has 126 valence electrons. The summed E-state index contributed by atoms with van der Waals surface area (Å²) in [5.74, 6) is -0.211. The number of carbonyl (C=O) groups excluding carboxylic acids is 1. The number of hydrogen-bond donors (Lipinski definition) is 0. The van der Waals surface area contributed by atoms with Crippen LogP contribution in [0.15, 0.2) is 42.7 Å². The van der Waals surface area contributed by atoms with Crippen LogP contribution in [0.2, 0.25) is 0 Å². The van der Waals surface area contributed by atoms with Crippen LogP contribution in [-0.2, 0) is 16.1 Å². The largest absolute Gasteiger partial charge is 0.465 e. The summed E-state index contributed by atoms with van der Waals surface area (Å²) in [4.78, 5) is 16.5. The van der Waals surface area contributed by atoms with E-state index in [0.29, 0.717) is 6.61 Å². The number of carbonyl (C=O) groups is 1. The highest BCUT2D eigenvalue weighted by molar-refractivity contribution is 6.17. The number of pyridine rings is 1. The Morgan fingerprint density at radius 2 is 1.88 bits per heavy atom. The van der Waals surface area contributed by atoms with Crippen LogP contribution in [0.4, 0.5) is 0 Å². The molecule has 0 saturated heterocycles. The molecule has 0 radical (unpaired) electrons. The minimum absolute atomic E-state index is 0.211. The summed E-state index contributed by atoms with van der Waals surface area (Å²) in [5, 5.41) is 4.69. The number of para-hydroxylation sites is 1. The summed E-state index contributed by atoms with van der Waals surface area (Å²) < 4.78 is 7.29. The van der Waals surface area contributed by atoms with Crippen LogP contribution in [0, 0.1) is 13.8 Å². The van der Waals surface area contributed by atoms with Crippen molar-refractivity contribution >= 4 is 38.5 Å². The highest BCUT2D eigenvalue weighted by atomic mass is 16.5. The summed E-state index contributed by atoms with van der Waals surface area (Å²) in [5.41, 5.74) is 4.52. The van der Waals surface area contributed by atoms with E-state index in [1.165, 1.54) is 21.9 Å². The van der Waals surface area contributed by atoms with Crippen molar-refractivity contribution in [3.8, 4) is 0 Å². The molecular weight excluding hydrogens is 312 g/mol. The highest BCUT2D eigenvalue weighted by Crippen LogP contribution is 2.38. The van der Waals surface area contributed by atoms with Gasteiger partial charge in [-0.3, -0.25) is 9.78 Å². The fourth-order valence-electron chi connectivity index (χ4n) is 3.86. The zero-order chi connectivity index (χ0) is 17.6. The van der Waals surface area contributed by atoms with Crippen molar-refractivity contribution in [3.63, 3.8) is 0 Å². The summed E-state index contributed by atoms with van der Waals surface area (Å²) in [6.07, 6.45) is 3.74. The van der Waals surface area contributed by atoms with E-state index in [4.69, 9.17) is 4.74 Å². The quantitative estimate of drug-likeness (QED) is 0.518. The Hall–Kier alpha value is -2.88. The number of rotatable bonds is 3. The third kappa shape index (κ3) is 2.29. The Balaban J connectivity index is 2.17. The third-order valence-electron chi connectivity index (χ3n) is 4.92. The van der Waals surface area contributed by atoms with Gasteiger partial charge in [-0.25, -0.2) is 0 Å². The Morgan fingerprint density at radius 1 is 1.08 bits per heavy atom. The maximum absolute atomic E-state index is 12.2. The molecule has 4 nitrogen and oxygen atoms in total. The van der Waals surface area contributed by atoms with Crippen molar-refractivity contribution in [2.45, 2.75) is 27.3 Å². The van der Waals surface area contributed by atoms with Gasteiger partial charge < -0.3 is 9.30 Å². The molecular formula is C21H20N2O2. The summed E-state index contributed by atoms with van der Waals surface area (Å²) >= 11 is 0. The number of fused-ring (bicyclic) bond motifs is 4. The fraction of sp³-hybridized carbons (Fsp3) is 0.238. The van der Waals surface area contributed by atoms with E-state index < -0.39 is 0 Å². The van der Waals surface area contributed by atoms with Crippen molar-refractivity contribution in [2.24, 2.45) is 0 Å². The lowest BCUT2D eigenvalue weighted by molar-refractivity contribution is -0.143. The molecule has 2 aromatic carbocycles. The van der Waals surface area contributed by atoms with E-state index >= 15 is 0 Å². The topological polar surface area (TPSA) is 44.1 Å². The van der Waals surface area contributed by atoms with Crippen LogP contribution >= 0.6 is 0 Å². The van der Waals surface area contributed by atoms with E-state index in [1.807, 2.05) is 37.5 Å². The molecule has 0 spiro atoms. The number of aryl methyl sites for hydroxylation is 2. The van der Waals surface area contributed by atoms with Crippen LogP contribution in [0.25, 0.3) is 32.6 Å². The lowest BCUT2D eigenvalue weighted by Crippen LogP contribution is -2.13. The summed E-state index contributed by atoms with van der Waals surface area (Å²) in [7, 11) is 0. The van der Waals surface area contributed by atoms with Gasteiger partial charge in [0, 0.05) is 34.1 Å². The molecule has 0 N–H and O–H groups in total. The zero-order valence-corrected chi connectivity index (χ0v) is 14.7. The highest BCUT2D eigenvalue weighted by Gasteiger charge is 2.19.